The molecule has 130 valence electrons. The van der Waals surface area contributed by atoms with E-state index in [0.29, 0.717) is 11.3 Å². The third-order valence-corrected chi connectivity index (χ3v) is 5.84. The van der Waals surface area contributed by atoms with Gasteiger partial charge in [-0.3, -0.25) is 0 Å². The molecule has 0 radical (unpaired) electrons. The van der Waals surface area contributed by atoms with Gasteiger partial charge in [0.2, 0.25) is 0 Å². The minimum atomic E-state index is 0.145. The molecule has 1 aliphatic carbocycles. The lowest BCUT2D eigenvalue weighted by Gasteiger charge is -2.27. The van der Waals surface area contributed by atoms with Crippen LogP contribution in [0.15, 0.2) is 36.4 Å². The van der Waals surface area contributed by atoms with Crippen molar-refractivity contribution in [1.29, 1.82) is 0 Å². The van der Waals surface area contributed by atoms with Crippen molar-refractivity contribution in [1.82, 2.24) is 0 Å². The zero-order chi connectivity index (χ0) is 17.4. The van der Waals surface area contributed by atoms with E-state index in [0.717, 1.165) is 22.6 Å². The molecule has 0 amide bonds. The SMILES string of the molecule is CCCCCC1CCCc2c1ccc1c2cc(O)c2c(O)cccc21. The van der Waals surface area contributed by atoms with Gasteiger partial charge in [-0.15, -0.1) is 0 Å². The summed E-state index contributed by atoms with van der Waals surface area (Å²) in [7, 11) is 0. The highest BCUT2D eigenvalue weighted by molar-refractivity contribution is 6.13. The number of fused-ring (bicyclic) bond motifs is 5. The Morgan fingerprint density at radius 1 is 0.960 bits per heavy atom. The minimum absolute atomic E-state index is 0.145. The molecule has 2 nitrogen and oxygen atoms in total. The maximum atomic E-state index is 10.5. The number of benzene rings is 3. The average molecular weight is 334 g/mol. The summed E-state index contributed by atoms with van der Waals surface area (Å²) >= 11 is 0. The summed E-state index contributed by atoms with van der Waals surface area (Å²) in [6.07, 6.45) is 8.73. The van der Waals surface area contributed by atoms with Gasteiger partial charge < -0.3 is 10.2 Å². The first-order valence-corrected chi connectivity index (χ1v) is 9.60. The van der Waals surface area contributed by atoms with Gasteiger partial charge in [0.25, 0.3) is 0 Å². The van der Waals surface area contributed by atoms with Crippen LogP contribution in [0.25, 0.3) is 21.5 Å². The molecule has 0 aromatic heterocycles. The lowest BCUT2D eigenvalue weighted by Crippen LogP contribution is -2.10. The van der Waals surface area contributed by atoms with E-state index in [2.05, 4.69) is 19.1 Å². The molecule has 3 aromatic rings. The molecule has 1 unspecified atom stereocenters. The molecule has 1 atom stereocenters. The fourth-order valence-electron chi connectivity index (χ4n) is 4.61. The Bertz CT molecular complexity index is 926. The van der Waals surface area contributed by atoms with Gasteiger partial charge in [-0.2, -0.15) is 0 Å². The van der Waals surface area contributed by atoms with Gasteiger partial charge in [-0.1, -0.05) is 50.5 Å². The van der Waals surface area contributed by atoms with Crippen LogP contribution in [-0.2, 0) is 6.42 Å². The molecule has 0 aliphatic heterocycles. The summed E-state index contributed by atoms with van der Waals surface area (Å²) in [5.41, 5.74) is 2.89. The van der Waals surface area contributed by atoms with Crippen molar-refractivity contribution in [2.24, 2.45) is 0 Å². The second-order valence-electron chi connectivity index (χ2n) is 7.41. The second-order valence-corrected chi connectivity index (χ2v) is 7.41. The van der Waals surface area contributed by atoms with Crippen LogP contribution in [0.2, 0.25) is 0 Å². The fraction of sp³-hybridized carbons (Fsp3) is 0.391. The lowest BCUT2D eigenvalue weighted by atomic mass is 9.78. The van der Waals surface area contributed by atoms with Crippen LogP contribution in [0.3, 0.4) is 0 Å². The van der Waals surface area contributed by atoms with E-state index >= 15 is 0 Å². The smallest absolute Gasteiger partial charge is 0.127 e. The van der Waals surface area contributed by atoms with E-state index in [-0.39, 0.29) is 11.5 Å². The molecule has 4 rings (SSSR count). The molecule has 3 aromatic carbocycles. The molecule has 0 fully saturated rings. The van der Waals surface area contributed by atoms with Crippen LogP contribution in [0.1, 0.15) is 62.5 Å². The van der Waals surface area contributed by atoms with Crippen LogP contribution in [0.4, 0.5) is 0 Å². The van der Waals surface area contributed by atoms with Gasteiger partial charge in [0, 0.05) is 0 Å². The van der Waals surface area contributed by atoms with Gasteiger partial charge in [0.1, 0.15) is 11.5 Å². The van der Waals surface area contributed by atoms with Crippen molar-refractivity contribution >= 4 is 21.5 Å². The Morgan fingerprint density at radius 3 is 2.68 bits per heavy atom. The molecule has 0 heterocycles. The number of hydrogen-bond donors (Lipinski definition) is 2. The summed E-state index contributed by atoms with van der Waals surface area (Å²) in [6, 6.07) is 11.8. The quantitative estimate of drug-likeness (QED) is 0.428. The van der Waals surface area contributed by atoms with Crippen LogP contribution < -0.4 is 0 Å². The van der Waals surface area contributed by atoms with Gasteiger partial charge in [0.05, 0.1) is 5.39 Å². The first-order chi connectivity index (χ1) is 12.2. The van der Waals surface area contributed by atoms with Gasteiger partial charge in [-0.25, -0.2) is 0 Å². The van der Waals surface area contributed by atoms with Gasteiger partial charge >= 0.3 is 0 Å². The Balaban J connectivity index is 1.88. The zero-order valence-corrected chi connectivity index (χ0v) is 14.9. The molecular weight excluding hydrogens is 308 g/mol. The molecule has 0 spiro atoms. The summed E-state index contributed by atoms with van der Waals surface area (Å²) in [5.74, 6) is 0.982. The van der Waals surface area contributed by atoms with E-state index in [1.807, 2.05) is 18.2 Å². The first-order valence-electron chi connectivity index (χ1n) is 9.60. The number of unbranched alkanes of at least 4 members (excludes halogenated alkanes) is 2. The summed E-state index contributed by atoms with van der Waals surface area (Å²) in [6.45, 7) is 2.26. The van der Waals surface area contributed by atoms with E-state index in [1.54, 1.807) is 6.07 Å². The largest absolute Gasteiger partial charge is 0.507 e. The van der Waals surface area contributed by atoms with Crippen molar-refractivity contribution in [3.63, 3.8) is 0 Å². The standard InChI is InChI=1S/C23H26O2/c1-2-3-4-7-15-8-5-9-17-16(15)12-13-18-19-10-6-11-21(24)23(19)22(25)14-20(17)18/h6,10-15,24-25H,2-5,7-9H2,1H3. The monoisotopic (exact) mass is 334 g/mol. The molecule has 0 saturated carbocycles. The Kier molecular flexibility index (Phi) is 4.29. The number of phenolic OH excluding ortho intramolecular Hbond substituents is 2. The third kappa shape index (κ3) is 2.74. The predicted molar refractivity (Wildman–Crippen MR) is 105 cm³/mol. The van der Waals surface area contributed by atoms with Crippen molar-refractivity contribution < 1.29 is 10.2 Å². The van der Waals surface area contributed by atoms with Crippen LogP contribution in [-0.4, -0.2) is 10.2 Å². The van der Waals surface area contributed by atoms with Crippen LogP contribution in [0, 0.1) is 0 Å². The van der Waals surface area contributed by atoms with Crippen LogP contribution >= 0.6 is 0 Å². The Labute approximate surface area is 149 Å². The van der Waals surface area contributed by atoms with Gasteiger partial charge in [-0.05, 0) is 71.0 Å². The maximum absolute atomic E-state index is 10.5. The van der Waals surface area contributed by atoms with Crippen molar-refractivity contribution in [2.45, 2.75) is 57.8 Å². The molecule has 0 bridgehead atoms. The van der Waals surface area contributed by atoms with E-state index in [9.17, 15) is 10.2 Å². The third-order valence-electron chi connectivity index (χ3n) is 5.84. The fourth-order valence-corrected chi connectivity index (χ4v) is 4.61. The summed E-state index contributed by atoms with van der Waals surface area (Å²) in [5, 5.41) is 24.5. The van der Waals surface area contributed by atoms with E-state index < -0.39 is 0 Å². The topological polar surface area (TPSA) is 40.5 Å². The Morgan fingerprint density at radius 2 is 1.84 bits per heavy atom. The lowest BCUT2D eigenvalue weighted by molar-refractivity contribution is 0.464. The number of rotatable bonds is 4. The number of aryl methyl sites for hydroxylation is 1. The number of aromatic hydroxyl groups is 2. The van der Waals surface area contributed by atoms with E-state index in [4.69, 9.17) is 0 Å². The molecule has 2 heteroatoms. The molecule has 0 saturated heterocycles. The normalized spacial score (nSPS) is 17.1. The first kappa shape index (κ1) is 16.3. The highest BCUT2D eigenvalue weighted by Gasteiger charge is 2.23. The van der Waals surface area contributed by atoms with E-state index in [1.165, 1.54) is 49.7 Å². The van der Waals surface area contributed by atoms with Crippen molar-refractivity contribution in [3.8, 4) is 11.5 Å². The van der Waals surface area contributed by atoms with Crippen molar-refractivity contribution in [3.05, 3.63) is 47.5 Å². The highest BCUT2D eigenvalue weighted by Crippen LogP contribution is 2.43. The molecule has 2 N–H and O–H groups in total. The second kappa shape index (κ2) is 6.59. The number of phenols is 2. The van der Waals surface area contributed by atoms with Crippen LogP contribution in [0.5, 0.6) is 11.5 Å². The number of hydrogen-bond acceptors (Lipinski definition) is 2. The zero-order valence-electron chi connectivity index (χ0n) is 14.9. The molecule has 25 heavy (non-hydrogen) atoms. The predicted octanol–water partition coefficient (Wildman–Crippen LogP) is 6.40. The van der Waals surface area contributed by atoms with Crippen molar-refractivity contribution in [2.75, 3.05) is 0 Å². The maximum Gasteiger partial charge on any atom is 0.127 e. The average Bonchev–Trinajstić information content (AvgIpc) is 2.62. The molecular formula is C23H26O2. The Hall–Kier alpha value is -2.22. The summed E-state index contributed by atoms with van der Waals surface area (Å²) < 4.78 is 0. The minimum Gasteiger partial charge on any atom is -0.507 e. The van der Waals surface area contributed by atoms with Gasteiger partial charge in [0.15, 0.2) is 0 Å². The highest BCUT2D eigenvalue weighted by atomic mass is 16.3. The summed E-state index contributed by atoms with van der Waals surface area (Å²) in [4.78, 5) is 0. The molecule has 1 aliphatic rings.